The van der Waals surface area contributed by atoms with Crippen molar-refractivity contribution in [3.63, 3.8) is 0 Å². The van der Waals surface area contributed by atoms with Crippen LogP contribution in [-0.2, 0) is 4.79 Å². The molecule has 48 valence electrons. The normalized spacial score (nSPS) is 18.3. The molecule has 0 saturated carbocycles. The van der Waals surface area contributed by atoms with Crippen molar-refractivity contribution < 1.29 is 4.79 Å². The molecule has 1 amide bonds. The number of hydrogen-bond acceptors (Lipinski definition) is 2. The molecule has 0 atom stereocenters. The van der Waals surface area contributed by atoms with E-state index in [1.54, 1.807) is 18.2 Å². The van der Waals surface area contributed by atoms with Crippen molar-refractivity contribution in [1.82, 2.24) is 5.01 Å². The number of allylic oxidation sites excluding steroid dienone is 2. The van der Waals surface area contributed by atoms with Gasteiger partial charge in [0.15, 0.2) is 0 Å². The molecule has 0 bridgehead atoms. The first kappa shape index (κ1) is 6.04. The molecule has 1 rings (SSSR count). The van der Waals surface area contributed by atoms with Gasteiger partial charge in [-0.3, -0.25) is 9.80 Å². The maximum absolute atomic E-state index is 10.7. The van der Waals surface area contributed by atoms with Crippen molar-refractivity contribution in [2.75, 3.05) is 0 Å². The highest BCUT2D eigenvalue weighted by molar-refractivity contribution is 5.78. The summed E-state index contributed by atoms with van der Waals surface area (Å²) in [7, 11) is 0. The Morgan fingerprint density at radius 2 is 2.33 bits per heavy atom. The molecule has 3 heteroatoms. The zero-order valence-corrected chi connectivity index (χ0v) is 4.95. The molecule has 0 saturated heterocycles. The Labute approximate surface area is 53.4 Å². The quantitative estimate of drug-likeness (QED) is 0.369. The van der Waals surface area contributed by atoms with Crippen LogP contribution in [0.25, 0.3) is 0 Å². The zero-order chi connectivity index (χ0) is 6.69. The van der Waals surface area contributed by atoms with Crippen LogP contribution in [-0.4, -0.2) is 10.9 Å². The topological polar surface area (TPSA) is 46.3 Å². The van der Waals surface area contributed by atoms with E-state index in [1.165, 1.54) is 6.20 Å². The van der Waals surface area contributed by atoms with Crippen LogP contribution in [0.15, 0.2) is 24.4 Å². The minimum absolute atomic E-state index is 0.0833. The fourth-order valence-electron chi connectivity index (χ4n) is 0.578. The molecule has 0 aromatic rings. The molecule has 0 aromatic carbocycles. The van der Waals surface area contributed by atoms with Gasteiger partial charge in [0.2, 0.25) is 5.91 Å². The number of nitrogens with zero attached hydrogens (tertiary/aromatic N) is 1. The number of carbonyl (C=O) groups excluding carboxylic acids is 1. The van der Waals surface area contributed by atoms with E-state index in [0.717, 1.165) is 5.01 Å². The molecule has 0 fully saturated rings. The second-order valence-electron chi connectivity index (χ2n) is 1.77. The molecule has 3 nitrogen and oxygen atoms in total. The van der Waals surface area contributed by atoms with Crippen LogP contribution < -0.4 is 5.84 Å². The van der Waals surface area contributed by atoms with Crippen molar-refractivity contribution in [1.29, 1.82) is 0 Å². The van der Waals surface area contributed by atoms with Gasteiger partial charge in [0.25, 0.3) is 0 Å². The van der Waals surface area contributed by atoms with Crippen molar-refractivity contribution in [2.45, 2.75) is 6.42 Å². The highest BCUT2D eigenvalue weighted by atomic mass is 16.2. The van der Waals surface area contributed by atoms with Crippen molar-refractivity contribution >= 4 is 5.91 Å². The Morgan fingerprint density at radius 3 is 3.11 bits per heavy atom. The standard InChI is InChI=1S/C6H8N2O/c7-8-5-3-1-2-4-6(8)9/h1-3,5H,4,7H2. The summed E-state index contributed by atoms with van der Waals surface area (Å²) in [6.45, 7) is 0. The van der Waals surface area contributed by atoms with Gasteiger partial charge >= 0.3 is 0 Å². The fourth-order valence-corrected chi connectivity index (χ4v) is 0.578. The van der Waals surface area contributed by atoms with E-state index in [9.17, 15) is 4.79 Å². The Bertz CT molecular complexity index is 172. The van der Waals surface area contributed by atoms with Crippen LogP contribution in [0.3, 0.4) is 0 Å². The minimum Gasteiger partial charge on any atom is -0.273 e. The summed E-state index contributed by atoms with van der Waals surface area (Å²) in [6, 6.07) is 0. The monoisotopic (exact) mass is 124 g/mol. The summed E-state index contributed by atoms with van der Waals surface area (Å²) in [5.74, 6) is 5.15. The Morgan fingerprint density at radius 1 is 1.56 bits per heavy atom. The van der Waals surface area contributed by atoms with E-state index in [4.69, 9.17) is 5.84 Å². The van der Waals surface area contributed by atoms with E-state index in [1.807, 2.05) is 0 Å². The molecule has 1 aliphatic rings. The second-order valence-corrected chi connectivity index (χ2v) is 1.77. The highest BCUT2D eigenvalue weighted by Crippen LogP contribution is 1.95. The number of hydrazine groups is 1. The first-order valence-corrected chi connectivity index (χ1v) is 2.71. The molecule has 0 spiro atoms. The third kappa shape index (κ3) is 1.40. The lowest BCUT2D eigenvalue weighted by Gasteiger charge is -2.06. The number of amides is 1. The number of rotatable bonds is 0. The fraction of sp³-hybridized carbons (Fsp3) is 0.167. The SMILES string of the molecule is NN1C=CC=CCC1=O. The van der Waals surface area contributed by atoms with Gasteiger partial charge in [-0.1, -0.05) is 12.2 Å². The molecule has 0 aliphatic carbocycles. The summed E-state index contributed by atoms with van der Waals surface area (Å²) in [5, 5.41) is 1.08. The van der Waals surface area contributed by atoms with Crippen molar-refractivity contribution in [2.24, 2.45) is 5.84 Å². The average Bonchev–Trinajstić information content (AvgIpc) is 1.99. The lowest BCUT2D eigenvalue weighted by atomic mass is 10.4. The van der Waals surface area contributed by atoms with Gasteiger partial charge in [0.1, 0.15) is 0 Å². The van der Waals surface area contributed by atoms with E-state index in [0.29, 0.717) is 6.42 Å². The largest absolute Gasteiger partial charge is 0.273 e. The van der Waals surface area contributed by atoms with Crippen LogP contribution in [0.1, 0.15) is 6.42 Å². The van der Waals surface area contributed by atoms with Crippen LogP contribution in [0, 0.1) is 0 Å². The summed E-state index contributed by atoms with van der Waals surface area (Å²) < 4.78 is 0. The second kappa shape index (κ2) is 2.46. The number of hydrogen-bond donors (Lipinski definition) is 1. The van der Waals surface area contributed by atoms with Crippen molar-refractivity contribution in [3.8, 4) is 0 Å². The molecule has 2 N–H and O–H groups in total. The van der Waals surface area contributed by atoms with E-state index < -0.39 is 0 Å². The van der Waals surface area contributed by atoms with Gasteiger partial charge in [0.05, 0.1) is 0 Å². The van der Waals surface area contributed by atoms with Gasteiger partial charge in [0, 0.05) is 12.6 Å². The van der Waals surface area contributed by atoms with Gasteiger partial charge in [-0.05, 0) is 6.08 Å². The third-order valence-corrected chi connectivity index (χ3v) is 1.07. The van der Waals surface area contributed by atoms with Crippen molar-refractivity contribution in [3.05, 3.63) is 24.4 Å². The van der Waals surface area contributed by atoms with Gasteiger partial charge in [-0.15, -0.1) is 0 Å². The highest BCUT2D eigenvalue weighted by Gasteiger charge is 2.03. The predicted molar refractivity (Wildman–Crippen MR) is 33.9 cm³/mol. The first-order valence-electron chi connectivity index (χ1n) is 2.71. The third-order valence-electron chi connectivity index (χ3n) is 1.07. The Hall–Kier alpha value is -1.09. The molecular formula is C6H8N2O. The first-order chi connectivity index (χ1) is 4.30. The van der Waals surface area contributed by atoms with E-state index in [-0.39, 0.29) is 5.91 Å². The summed E-state index contributed by atoms with van der Waals surface area (Å²) in [5.41, 5.74) is 0. The molecule has 0 unspecified atom stereocenters. The van der Waals surface area contributed by atoms with Gasteiger partial charge < -0.3 is 0 Å². The molecule has 1 heterocycles. The van der Waals surface area contributed by atoms with E-state index >= 15 is 0 Å². The number of carbonyl (C=O) groups is 1. The van der Waals surface area contributed by atoms with Gasteiger partial charge in [-0.25, -0.2) is 5.84 Å². The van der Waals surface area contributed by atoms with Crippen LogP contribution in [0.5, 0.6) is 0 Å². The molecule has 1 aliphatic heterocycles. The van der Waals surface area contributed by atoms with Crippen LogP contribution in [0.2, 0.25) is 0 Å². The predicted octanol–water partition coefficient (Wildman–Crippen LogP) is 0.162. The average molecular weight is 124 g/mol. The summed E-state index contributed by atoms with van der Waals surface area (Å²) >= 11 is 0. The molecule has 0 radical (unpaired) electrons. The smallest absolute Gasteiger partial charge is 0.244 e. The Kier molecular flexibility index (Phi) is 1.65. The molecule has 9 heavy (non-hydrogen) atoms. The zero-order valence-electron chi connectivity index (χ0n) is 4.95. The van der Waals surface area contributed by atoms with Crippen LogP contribution >= 0.6 is 0 Å². The van der Waals surface area contributed by atoms with Crippen LogP contribution in [0.4, 0.5) is 0 Å². The number of nitrogens with two attached hydrogens (primary N) is 1. The molecule has 0 aromatic heterocycles. The Balaban J connectivity index is 2.69. The minimum atomic E-state index is -0.0833. The van der Waals surface area contributed by atoms with E-state index in [2.05, 4.69) is 0 Å². The lowest BCUT2D eigenvalue weighted by molar-refractivity contribution is -0.127. The van der Waals surface area contributed by atoms with Gasteiger partial charge in [-0.2, -0.15) is 0 Å². The lowest BCUT2D eigenvalue weighted by Crippen LogP contribution is -2.30. The maximum atomic E-state index is 10.7. The summed E-state index contributed by atoms with van der Waals surface area (Å²) in [4.78, 5) is 10.7. The molecular weight excluding hydrogens is 116 g/mol. The maximum Gasteiger partial charge on any atom is 0.244 e. The summed E-state index contributed by atoms with van der Waals surface area (Å²) in [6.07, 6.45) is 7.22.